The molecule has 1 amide bonds. The molecule has 1 fully saturated rings. The highest BCUT2D eigenvalue weighted by Gasteiger charge is 2.26. The molecule has 0 spiro atoms. The molecule has 2 unspecified atom stereocenters. The highest BCUT2D eigenvalue weighted by Crippen LogP contribution is 2.25. The number of halogens is 2. The Morgan fingerprint density at radius 3 is 2.38 bits per heavy atom. The van der Waals surface area contributed by atoms with E-state index in [0.717, 1.165) is 31.9 Å². The Labute approximate surface area is 168 Å². The Morgan fingerprint density at radius 2 is 1.85 bits per heavy atom. The van der Waals surface area contributed by atoms with E-state index < -0.39 is 0 Å². The molecular formula is C18H31Cl2N3O3. The van der Waals surface area contributed by atoms with Gasteiger partial charge in [0.15, 0.2) is 0 Å². The van der Waals surface area contributed by atoms with Gasteiger partial charge in [0.25, 0.3) is 0 Å². The van der Waals surface area contributed by atoms with Crippen LogP contribution in [0.15, 0.2) is 24.3 Å². The number of piperazine rings is 1. The Morgan fingerprint density at radius 1 is 1.19 bits per heavy atom. The number of methoxy groups -OCH3 is 2. The van der Waals surface area contributed by atoms with Crippen molar-refractivity contribution in [3.8, 4) is 5.75 Å². The summed E-state index contributed by atoms with van der Waals surface area (Å²) in [6.45, 7) is 5.79. The van der Waals surface area contributed by atoms with Gasteiger partial charge in [0.05, 0.1) is 19.6 Å². The van der Waals surface area contributed by atoms with E-state index >= 15 is 0 Å². The SMILES string of the molecule is COc1cccc(C(C)N2CCN(C(=O)CC(CN)OC)CC2)c1.Cl.Cl. The number of hydrogen-bond donors (Lipinski definition) is 1. The number of nitrogens with zero attached hydrogens (tertiary/aromatic N) is 2. The van der Waals surface area contributed by atoms with Crippen LogP contribution in [0.3, 0.4) is 0 Å². The van der Waals surface area contributed by atoms with Crippen molar-refractivity contribution >= 4 is 30.7 Å². The first kappa shape index (κ1) is 24.9. The standard InChI is InChI=1S/C18H29N3O3.2ClH/c1-14(15-5-4-6-16(11-15)23-2)20-7-9-21(10-8-20)18(22)12-17(13-19)24-3;;/h4-6,11,14,17H,7-10,12-13,19H2,1-3H3;2*1H. The topological polar surface area (TPSA) is 68.0 Å². The molecule has 8 heteroatoms. The van der Waals surface area contributed by atoms with Crippen molar-refractivity contribution < 1.29 is 14.3 Å². The Bertz CT molecular complexity index is 536. The quantitative estimate of drug-likeness (QED) is 0.749. The zero-order valence-corrected chi connectivity index (χ0v) is 17.4. The normalized spacial score (nSPS) is 16.8. The molecule has 1 aromatic carbocycles. The average molecular weight is 408 g/mol. The summed E-state index contributed by atoms with van der Waals surface area (Å²) in [4.78, 5) is 16.6. The lowest BCUT2D eigenvalue weighted by atomic mass is 10.1. The number of amides is 1. The maximum absolute atomic E-state index is 12.3. The van der Waals surface area contributed by atoms with Crippen LogP contribution in [0.1, 0.15) is 24.9 Å². The maximum Gasteiger partial charge on any atom is 0.225 e. The largest absolute Gasteiger partial charge is 0.497 e. The van der Waals surface area contributed by atoms with Crippen molar-refractivity contribution in [2.45, 2.75) is 25.5 Å². The van der Waals surface area contributed by atoms with E-state index in [4.69, 9.17) is 15.2 Å². The second-order valence-corrected chi connectivity index (χ2v) is 6.17. The first-order valence-corrected chi connectivity index (χ1v) is 8.47. The number of nitrogens with two attached hydrogens (primary N) is 1. The lowest BCUT2D eigenvalue weighted by molar-refractivity contribution is -0.135. The maximum atomic E-state index is 12.3. The molecule has 0 aliphatic carbocycles. The van der Waals surface area contributed by atoms with Gasteiger partial charge in [-0.05, 0) is 24.6 Å². The van der Waals surface area contributed by atoms with Crippen LogP contribution in [0.25, 0.3) is 0 Å². The van der Waals surface area contributed by atoms with E-state index in [1.165, 1.54) is 5.56 Å². The van der Waals surface area contributed by atoms with Gasteiger partial charge in [-0.15, -0.1) is 24.8 Å². The van der Waals surface area contributed by atoms with Crippen LogP contribution in [0, 0.1) is 0 Å². The summed E-state index contributed by atoms with van der Waals surface area (Å²) in [6, 6.07) is 8.47. The minimum Gasteiger partial charge on any atom is -0.497 e. The van der Waals surface area contributed by atoms with E-state index in [-0.39, 0.29) is 36.8 Å². The monoisotopic (exact) mass is 407 g/mol. The van der Waals surface area contributed by atoms with Crippen LogP contribution < -0.4 is 10.5 Å². The van der Waals surface area contributed by atoms with Gasteiger partial charge in [-0.1, -0.05) is 12.1 Å². The lowest BCUT2D eigenvalue weighted by Crippen LogP contribution is -2.50. The molecule has 1 aliphatic rings. The molecule has 6 nitrogen and oxygen atoms in total. The number of carbonyl (C=O) groups is 1. The first-order valence-electron chi connectivity index (χ1n) is 8.47. The van der Waals surface area contributed by atoms with Gasteiger partial charge in [0.1, 0.15) is 5.75 Å². The fourth-order valence-corrected chi connectivity index (χ4v) is 3.06. The molecule has 0 radical (unpaired) electrons. The molecule has 0 bridgehead atoms. The van der Waals surface area contributed by atoms with Gasteiger partial charge in [-0.2, -0.15) is 0 Å². The second-order valence-electron chi connectivity index (χ2n) is 6.17. The van der Waals surface area contributed by atoms with Crippen LogP contribution >= 0.6 is 24.8 Å². The number of hydrogen-bond acceptors (Lipinski definition) is 5. The summed E-state index contributed by atoms with van der Waals surface area (Å²) in [7, 11) is 3.28. The minimum atomic E-state index is -0.189. The van der Waals surface area contributed by atoms with E-state index in [2.05, 4.69) is 24.0 Å². The molecule has 2 N–H and O–H groups in total. The number of rotatable bonds is 7. The minimum absolute atomic E-state index is 0. The highest BCUT2D eigenvalue weighted by atomic mass is 35.5. The summed E-state index contributed by atoms with van der Waals surface area (Å²) in [6.07, 6.45) is 0.171. The molecule has 150 valence electrons. The third kappa shape index (κ3) is 6.59. The summed E-state index contributed by atoms with van der Waals surface area (Å²) >= 11 is 0. The molecule has 1 saturated heterocycles. The molecule has 2 rings (SSSR count). The third-order valence-electron chi connectivity index (χ3n) is 4.79. The van der Waals surface area contributed by atoms with Crippen LogP contribution in [0.2, 0.25) is 0 Å². The van der Waals surface area contributed by atoms with Gasteiger partial charge in [-0.25, -0.2) is 0 Å². The summed E-state index contributed by atoms with van der Waals surface area (Å²) in [5, 5.41) is 0. The molecule has 0 aromatic heterocycles. The van der Waals surface area contributed by atoms with Gasteiger partial charge in [-0.3, -0.25) is 9.69 Å². The van der Waals surface area contributed by atoms with Crippen molar-refractivity contribution in [1.82, 2.24) is 9.80 Å². The molecule has 26 heavy (non-hydrogen) atoms. The predicted molar refractivity (Wildman–Crippen MR) is 109 cm³/mol. The Hall–Kier alpha value is -1.05. The average Bonchev–Trinajstić information content (AvgIpc) is 2.65. The van der Waals surface area contributed by atoms with Gasteiger partial charge >= 0.3 is 0 Å². The number of carbonyl (C=O) groups excluding carboxylic acids is 1. The van der Waals surface area contributed by atoms with Gasteiger partial charge in [0.2, 0.25) is 5.91 Å². The molecule has 1 aromatic rings. The zero-order chi connectivity index (χ0) is 17.5. The van der Waals surface area contributed by atoms with E-state index in [1.807, 2.05) is 17.0 Å². The molecular weight excluding hydrogens is 377 g/mol. The van der Waals surface area contributed by atoms with E-state index in [0.29, 0.717) is 19.0 Å². The summed E-state index contributed by atoms with van der Waals surface area (Å²) < 4.78 is 10.5. The van der Waals surface area contributed by atoms with Crippen molar-refractivity contribution in [2.75, 3.05) is 46.9 Å². The fraction of sp³-hybridized carbons (Fsp3) is 0.611. The van der Waals surface area contributed by atoms with Crippen molar-refractivity contribution in [3.05, 3.63) is 29.8 Å². The first-order chi connectivity index (χ1) is 11.6. The molecule has 1 aliphatic heterocycles. The number of benzene rings is 1. The Kier molecular flexibility index (Phi) is 11.9. The van der Waals surface area contributed by atoms with Crippen molar-refractivity contribution in [1.29, 1.82) is 0 Å². The van der Waals surface area contributed by atoms with E-state index in [9.17, 15) is 4.79 Å². The van der Waals surface area contributed by atoms with Crippen LogP contribution in [-0.4, -0.2) is 68.8 Å². The smallest absolute Gasteiger partial charge is 0.225 e. The number of ether oxygens (including phenoxy) is 2. The molecule has 2 atom stereocenters. The predicted octanol–water partition coefficient (Wildman–Crippen LogP) is 2.11. The second kappa shape index (κ2) is 12.4. The van der Waals surface area contributed by atoms with Crippen LogP contribution in [0.5, 0.6) is 5.75 Å². The van der Waals surface area contributed by atoms with Crippen LogP contribution in [0.4, 0.5) is 0 Å². The summed E-state index contributed by atoms with van der Waals surface area (Å²) in [5.74, 6) is 1.00. The van der Waals surface area contributed by atoms with Gasteiger partial charge < -0.3 is 20.1 Å². The van der Waals surface area contributed by atoms with E-state index in [1.54, 1.807) is 14.2 Å². The van der Waals surface area contributed by atoms with Crippen LogP contribution in [-0.2, 0) is 9.53 Å². The third-order valence-corrected chi connectivity index (χ3v) is 4.79. The zero-order valence-electron chi connectivity index (χ0n) is 15.7. The highest BCUT2D eigenvalue weighted by molar-refractivity contribution is 5.85. The Balaban J connectivity index is 0.00000312. The van der Waals surface area contributed by atoms with Crippen molar-refractivity contribution in [3.63, 3.8) is 0 Å². The van der Waals surface area contributed by atoms with Crippen molar-refractivity contribution in [2.24, 2.45) is 5.73 Å². The van der Waals surface area contributed by atoms with Gasteiger partial charge in [0, 0.05) is 45.9 Å². The lowest BCUT2D eigenvalue weighted by Gasteiger charge is -2.38. The molecule has 0 saturated carbocycles. The summed E-state index contributed by atoms with van der Waals surface area (Å²) in [5.41, 5.74) is 6.83. The fourth-order valence-electron chi connectivity index (χ4n) is 3.06. The molecule has 1 heterocycles.